The molecular weight excluding hydrogens is 422 g/mol. The maximum absolute atomic E-state index is 13.0. The van der Waals surface area contributed by atoms with Gasteiger partial charge in [0.1, 0.15) is 10.8 Å². The first-order valence-corrected chi connectivity index (χ1v) is 11.1. The van der Waals surface area contributed by atoms with Crippen molar-refractivity contribution in [3.8, 4) is 0 Å². The number of carbonyl (C=O) groups excluding carboxylic acids is 2. The minimum Gasteiger partial charge on any atom is -0.293 e. The van der Waals surface area contributed by atoms with Crippen LogP contribution in [0.25, 0.3) is 0 Å². The van der Waals surface area contributed by atoms with E-state index in [0.29, 0.717) is 9.87 Å². The Labute approximate surface area is 165 Å². The van der Waals surface area contributed by atoms with E-state index in [-0.39, 0.29) is 23.4 Å². The summed E-state index contributed by atoms with van der Waals surface area (Å²) >= 11 is 0. The van der Waals surface area contributed by atoms with Gasteiger partial charge in [0.2, 0.25) is 0 Å². The molecule has 1 unspecified atom stereocenters. The zero-order valence-electron chi connectivity index (χ0n) is 14.5. The average Bonchev–Trinajstić information content (AvgIpc) is 2.90. The normalized spacial score (nSPS) is 19.0. The molecule has 2 N–H and O–H groups in total. The summed E-state index contributed by atoms with van der Waals surface area (Å²) in [4.78, 5) is 25.2. The Bertz CT molecular complexity index is 1330. The fourth-order valence-corrected chi connectivity index (χ4v) is 5.30. The molecule has 0 radical (unpaired) electrons. The van der Waals surface area contributed by atoms with Gasteiger partial charge in [-0.05, 0) is 24.1 Å². The number of benzene rings is 2. The molecule has 4 rings (SSSR count). The third kappa shape index (κ3) is 2.99. The second-order valence-electron chi connectivity index (χ2n) is 6.52. The van der Waals surface area contributed by atoms with Crippen molar-refractivity contribution in [2.75, 3.05) is 4.31 Å². The largest absolute Gasteiger partial charge is 0.364 e. The van der Waals surface area contributed by atoms with E-state index in [0.717, 1.165) is 6.07 Å². The Morgan fingerprint density at radius 3 is 2.24 bits per heavy atom. The highest BCUT2D eigenvalue weighted by molar-refractivity contribution is 7.87. The molecule has 0 bridgehead atoms. The summed E-state index contributed by atoms with van der Waals surface area (Å²) in [5.74, 6) is -3.48. The van der Waals surface area contributed by atoms with Crippen molar-refractivity contribution in [1.82, 2.24) is 0 Å². The van der Waals surface area contributed by atoms with E-state index < -0.39 is 48.4 Å². The SMILES string of the molecule is O=C1c2cccc(S(=O)(=O)O)c2C(=O)C1C1=CCc2ccccc2N1S(=O)(=O)O. The summed E-state index contributed by atoms with van der Waals surface area (Å²) in [7, 11) is -9.71. The quantitative estimate of drug-likeness (QED) is 0.547. The maximum Gasteiger partial charge on any atom is 0.364 e. The number of ketones is 2. The van der Waals surface area contributed by atoms with E-state index >= 15 is 0 Å². The Morgan fingerprint density at radius 2 is 1.59 bits per heavy atom. The van der Waals surface area contributed by atoms with Gasteiger partial charge in [0.05, 0.1) is 16.9 Å². The molecule has 0 spiro atoms. The van der Waals surface area contributed by atoms with Crippen LogP contribution in [-0.2, 0) is 26.8 Å². The van der Waals surface area contributed by atoms with Crippen LogP contribution in [-0.4, -0.2) is 37.5 Å². The lowest BCUT2D eigenvalue weighted by molar-refractivity contribution is 0.0862. The van der Waals surface area contributed by atoms with Crippen LogP contribution >= 0.6 is 0 Å². The number of Topliss-reactive ketones (excluding diaryl/α,β-unsaturated/α-hetero) is 2. The van der Waals surface area contributed by atoms with Crippen molar-refractivity contribution in [3.63, 3.8) is 0 Å². The fourth-order valence-electron chi connectivity index (χ4n) is 3.70. The summed E-state index contributed by atoms with van der Waals surface area (Å²) in [5, 5.41) is 0. The molecule has 2 aliphatic rings. The van der Waals surface area contributed by atoms with Crippen LogP contribution in [0.4, 0.5) is 5.69 Å². The van der Waals surface area contributed by atoms with Gasteiger partial charge in [-0.1, -0.05) is 36.4 Å². The lowest BCUT2D eigenvalue weighted by Gasteiger charge is -2.31. The van der Waals surface area contributed by atoms with Crippen LogP contribution in [0.5, 0.6) is 0 Å². The van der Waals surface area contributed by atoms with Crippen molar-refractivity contribution >= 4 is 37.7 Å². The zero-order valence-corrected chi connectivity index (χ0v) is 16.1. The van der Waals surface area contributed by atoms with Crippen LogP contribution in [0, 0.1) is 5.92 Å². The molecule has 0 amide bonds. The van der Waals surface area contributed by atoms with Gasteiger partial charge in [0.25, 0.3) is 10.1 Å². The van der Waals surface area contributed by atoms with Crippen molar-refractivity contribution in [2.24, 2.45) is 5.92 Å². The van der Waals surface area contributed by atoms with Crippen molar-refractivity contribution in [1.29, 1.82) is 0 Å². The number of para-hydroxylation sites is 1. The number of hydrogen-bond acceptors (Lipinski definition) is 6. The summed E-state index contributed by atoms with van der Waals surface area (Å²) in [6.07, 6.45) is 1.52. The molecule has 150 valence electrons. The second-order valence-corrected chi connectivity index (χ2v) is 9.17. The van der Waals surface area contributed by atoms with E-state index in [1.165, 1.54) is 30.3 Å². The topological polar surface area (TPSA) is 146 Å². The number of allylic oxidation sites excluding steroid dienone is 2. The molecule has 0 saturated carbocycles. The Kier molecular flexibility index (Phi) is 4.24. The van der Waals surface area contributed by atoms with Gasteiger partial charge >= 0.3 is 10.3 Å². The molecule has 0 aromatic heterocycles. The van der Waals surface area contributed by atoms with Crippen LogP contribution in [0.15, 0.2) is 59.1 Å². The molecule has 2 aromatic carbocycles. The second kappa shape index (κ2) is 6.32. The standard InChI is InChI=1S/C18H13NO8S2/c20-17-11-5-3-7-14(28(22,23)24)15(11)18(21)16(17)13-9-8-10-4-1-2-6-12(10)19(13)29(25,26)27/h1-7,9,16H,8H2,(H,22,23,24)(H,25,26,27). The van der Waals surface area contributed by atoms with Crippen molar-refractivity contribution in [2.45, 2.75) is 11.3 Å². The van der Waals surface area contributed by atoms with Gasteiger partial charge in [-0.15, -0.1) is 0 Å². The average molecular weight is 435 g/mol. The molecule has 0 saturated heterocycles. The lowest BCUT2D eigenvalue weighted by Crippen LogP contribution is -2.38. The highest BCUT2D eigenvalue weighted by Crippen LogP contribution is 2.41. The maximum atomic E-state index is 13.0. The van der Waals surface area contributed by atoms with Crippen LogP contribution in [0.3, 0.4) is 0 Å². The first-order chi connectivity index (χ1) is 13.5. The van der Waals surface area contributed by atoms with Crippen LogP contribution in [0.2, 0.25) is 0 Å². The van der Waals surface area contributed by atoms with Crippen molar-refractivity contribution in [3.05, 3.63) is 70.9 Å². The minimum absolute atomic E-state index is 0.0825. The van der Waals surface area contributed by atoms with Gasteiger partial charge in [0, 0.05) is 5.56 Å². The summed E-state index contributed by atoms with van der Waals surface area (Å²) in [6.45, 7) is 0. The van der Waals surface area contributed by atoms with Crippen LogP contribution in [0.1, 0.15) is 26.3 Å². The third-order valence-electron chi connectivity index (χ3n) is 4.84. The summed E-state index contributed by atoms with van der Waals surface area (Å²) < 4.78 is 67.2. The van der Waals surface area contributed by atoms with Crippen molar-refractivity contribution < 1.29 is 35.5 Å². The molecule has 1 heterocycles. The molecule has 1 atom stereocenters. The summed E-state index contributed by atoms with van der Waals surface area (Å²) in [6, 6.07) is 9.64. The van der Waals surface area contributed by atoms with E-state index in [1.807, 2.05) is 0 Å². The van der Waals surface area contributed by atoms with Gasteiger partial charge in [-0.25, -0.2) is 4.31 Å². The van der Waals surface area contributed by atoms with E-state index in [4.69, 9.17) is 0 Å². The zero-order chi connectivity index (χ0) is 21.1. The minimum atomic E-state index is -4.91. The van der Waals surface area contributed by atoms with Gasteiger partial charge in [-0.2, -0.15) is 16.8 Å². The number of anilines is 1. The fraction of sp³-hybridized carbons (Fsp3) is 0.111. The third-order valence-corrected chi connectivity index (χ3v) is 6.61. The Balaban J connectivity index is 1.91. The number of hydrogen-bond donors (Lipinski definition) is 2. The predicted molar refractivity (Wildman–Crippen MR) is 101 cm³/mol. The number of fused-ring (bicyclic) bond motifs is 2. The lowest BCUT2D eigenvalue weighted by atomic mass is 9.94. The molecule has 1 aliphatic carbocycles. The monoisotopic (exact) mass is 435 g/mol. The van der Waals surface area contributed by atoms with Crippen LogP contribution < -0.4 is 4.31 Å². The molecule has 0 fully saturated rings. The van der Waals surface area contributed by atoms with E-state index in [9.17, 15) is 35.5 Å². The molecular formula is C18H13NO8S2. The van der Waals surface area contributed by atoms with Gasteiger partial charge in [-0.3, -0.25) is 18.7 Å². The predicted octanol–water partition coefficient (Wildman–Crippen LogP) is 1.68. The molecule has 1 aliphatic heterocycles. The first-order valence-electron chi connectivity index (χ1n) is 8.26. The molecule has 2 aromatic rings. The Hall–Kier alpha value is -2.86. The number of rotatable bonds is 3. The number of carbonyl (C=O) groups is 2. The highest BCUT2D eigenvalue weighted by Gasteiger charge is 2.48. The summed E-state index contributed by atoms with van der Waals surface area (Å²) in [5.41, 5.74) is -0.411. The smallest absolute Gasteiger partial charge is 0.293 e. The number of nitrogens with zero attached hydrogens (tertiary/aromatic N) is 1. The van der Waals surface area contributed by atoms with Gasteiger partial charge < -0.3 is 0 Å². The molecule has 11 heteroatoms. The molecule has 29 heavy (non-hydrogen) atoms. The first kappa shape index (κ1) is 19.5. The molecule has 9 nitrogen and oxygen atoms in total. The van der Waals surface area contributed by atoms with Gasteiger partial charge in [0.15, 0.2) is 11.6 Å². The van der Waals surface area contributed by atoms with E-state index in [2.05, 4.69) is 0 Å². The van der Waals surface area contributed by atoms with E-state index in [1.54, 1.807) is 12.1 Å². The highest BCUT2D eigenvalue weighted by atomic mass is 32.2. The Morgan fingerprint density at radius 1 is 0.897 bits per heavy atom.